The highest BCUT2D eigenvalue weighted by Gasteiger charge is 2.12. The van der Waals surface area contributed by atoms with Gasteiger partial charge in [-0.3, -0.25) is 14.9 Å². The number of nitro groups is 1. The number of nitro benzene ring substituents is 1. The number of rotatable bonds is 5. The lowest BCUT2D eigenvalue weighted by atomic mass is 10.1. The third-order valence-electron chi connectivity index (χ3n) is 3.24. The summed E-state index contributed by atoms with van der Waals surface area (Å²) in [5.41, 5.74) is 10.1. The van der Waals surface area contributed by atoms with Crippen LogP contribution in [0.25, 0.3) is 0 Å². The van der Waals surface area contributed by atoms with Gasteiger partial charge >= 0.3 is 0 Å². The van der Waals surface area contributed by atoms with Crippen LogP contribution in [0.4, 0.5) is 11.4 Å². The van der Waals surface area contributed by atoms with Gasteiger partial charge in [-0.15, -0.1) is 0 Å². The van der Waals surface area contributed by atoms with Crippen LogP contribution in [-0.2, 0) is 6.42 Å². The molecule has 2 aromatic carbocycles. The Hall–Kier alpha value is -3.22. The first-order valence-electron chi connectivity index (χ1n) is 6.97. The molecule has 0 radical (unpaired) electrons. The molecule has 0 heterocycles. The molecule has 7 heteroatoms. The van der Waals surface area contributed by atoms with Gasteiger partial charge in [0.1, 0.15) is 0 Å². The highest BCUT2D eigenvalue weighted by Crippen LogP contribution is 2.20. The standard InChI is InChI=1S/C16H16N4O3/c1-2-12-4-3-11(9-15(12)20(22)23)10-18-19-16(21)13-5-7-14(17)8-6-13/h3-10H,2,17H2,1H3,(H,19,21)/b18-10-. The molecule has 0 aliphatic heterocycles. The second kappa shape index (κ2) is 7.17. The van der Waals surface area contributed by atoms with Gasteiger partial charge in [0, 0.05) is 28.4 Å². The number of hydrogen-bond acceptors (Lipinski definition) is 5. The third kappa shape index (κ3) is 4.13. The van der Waals surface area contributed by atoms with Crippen LogP contribution in [-0.4, -0.2) is 17.0 Å². The predicted molar refractivity (Wildman–Crippen MR) is 88.4 cm³/mol. The first kappa shape index (κ1) is 16.2. The largest absolute Gasteiger partial charge is 0.399 e. The van der Waals surface area contributed by atoms with Crippen molar-refractivity contribution in [3.63, 3.8) is 0 Å². The molecule has 7 nitrogen and oxygen atoms in total. The fourth-order valence-electron chi connectivity index (χ4n) is 1.99. The van der Waals surface area contributed by atoms with Crippen molar-refractivity contribution in [1.29, 1.82) is 0 Å². The summed E-state index contributed by atoms with van der Waals surface area (Å²) >= 11 is 0. The van der Waals surface area contributed by atoms with E-state index in [-0.39, 0.29) is 11.6 Å². The number of nitrogen functional groups attached to an aromatic ring is 1. The van der Waals surface area contributed by atoms with Gasteiger partial charge in [0.25, 0.3) is 11.6 Å². The molecule has 118 valence electrons. The van der Waals surface area contributed by atoms with E-state index in [0.29, 0.717) is 28.8 Å². The maximum absolute atomic E-state index is 11.8. The Kier molecular flexibility index (Phi) is 5.03. The van der Waals surface area contributed by atoms with Crippen LogP contribution in [0.15, 0.2) is 47.6 Å². The zero-order valence-corrected chi connectivity index (χ0v) is 12.5. The average molecular weight is 312 g/mol. The summed E-state index contributed by atoms with van der Waals surface area (Å²) in [4.78, 5) is 22.4. The quantitative estimate of drug-likeness (QED) is 0.382. The fourth-order valence-corrected chi connectivity index (χ4v) is 1.99. The number of benzene rings is 2. The molecule has 0 spiro atoms. The summed E-state index contributed by atoms with van der Waals surface area (Å²) in [6.45, 7) is 1.85. The normalized spacial score (nSPS) is 10.7. The highest BCUT2D eigenvalue weighted by molar-refractivity contribution is 5.95. The molecule has 0 unspecified atom stereocenters. The molecule has 0 fully saturated rings. The van der Waals surface area contributed by atoms with Crippen LogP contribution < -0.4 is 11.2 Å². The molecule has 0 aromatic heterocycles. The Bertz CT molecular complexity index is 754. The van der Waals surface area contributed by atoms with E-state index in [1.165, 1.54) is 12.3 Å². The van der Waals surface area contributed by atoms with Gasteiger partial charge in [-0.1, -0.05) is 19.1 Å². The number of hydrogen-bond donors (Lipinski definition) is 2. The number of aryl methyl sites for hydroxylation is 1. The number of carbonyl (C=O) groups is 1. The minimum absolute atomic E-state index is 0.0429. The van der Waals surface area contributed by atoms with Crippen molar-refractivity contribution in [3.05, 3.63) is 69.3 Å². The van der Waals surface area contributed by atoms with Crippen LogP contribution in [0, 0.1) is 10.1 Å². The van der Waals surface area contributed by atoms with E-state index in [1.54, 1.807) is 36.4 Å². The second-order valence-electron chi connectivity index (χ2n) is 4.82. The fraction of sp³-hybridized carbons (Fsp3) is 0.125. The van der Waals surface area contributed by atoms with Crippen LogP contribution in [0.1, 0.15) is 28.4 Å². The average Bonchev–Trinajstić information content (AvgIpc) is 2.55. The van der Waals surface area contributed by atoms with Crippen molar-refractivity contribution in [2.24, 2.45) is 5.10 Å². The summed E-state index contributed by atoms with van der Waals surface area (Å²) in [6.07, 6.45) is 1.93. The van der Waals surface area contributed by atoms with Gasteiger partial charge in [0.2, 0.25) is 0 Å². The predicted octanol–water partition coefficient (Wildman–Crippen LogP) is 2.50. The van der Waals surface area contributed by atoms with Crippen molar-refractivity contribution in [2.75, 3.05) is 5.73 Å². The molecule has 0 atom stereocenters. The number of anilines is 1. The maximum atomic E-state index is 11.8. The summed E-state index contributed by atoms with van der Waals surface area (Å²) in [7, 11) is 0. The molecule has 3 N–H and O–H groups in total. The Morgan fingerprint density at radius 1 is 1.30 bits per heavy atom. The third-order valence-corrected chi connectivity index (χ3v) is 3.24. The van der Waals surface area contributed by atoms with Gasteiger partial charge < -0.3 is 5.73 Å². The zero-order chi connectivity index (χ0) is 16.8. The molecular formula is C16H16N4O3. The Labute approximate surface area is 133 Å². The lowest BCUT2D eigenvalue weighted by Gasteiger charge is -2.02. The number of amides is 1. The van der Waals surface area contributed by atoms with Gasteiger partial charge in [0.15, 0.2) is 0 Å². The van der Waals surface area contributed by atoms with Crippen LogP contribution in [0.5, 0.6) is 0 Å². The lowest BCUT2D eigenvalue weighted by Crippen LogP contribution is -2.17. The van der Waals surface area contributed by atoms with Gasteiger partial charge in [-0.25, -0.2) is 5.43 Å². The van der Waals surface area contributed by atoms with Crippen molar-refractivity contribution in [1.82, 2.24) is 5.43 Å². The van der Waals surface area contributed by atoms with Gasteiger partial charge in [-0.05, 0) is 30.7 Å². The molecular weight excluding hydrogens is 296 g/mol. The molecule has 2 aromatic rings. The van der Waals surface area contributed by atoms with Crippen molar-refractivity contribution in [3.8, 4) is 0 Å². The van der Waals surface area contributed by atoms with Crippen molar-refractivity contribution in [2.45, 2.75) is 13.3 Å². The SMILES string of the molecule is CCc1ccc(/C=N\NC(=O)c2ccc(N)cc2)cc1[N+](=O)[O-]. The maximum Gasteiger partial charge on any atom is 0.273 e. The van der Waals surface area contributed by atoms with Crippen LogP contribution in [0.2, 0.25) is 0 Å². The Balaban J connectivity index is 2.08. The molecule has 0 bridgehead atoms. The first-order valence-corrected chi connectivity index (χ1v) is 6.97. The molecule has 0 aliphatic carbocycles. The van der Waals surface area contributed by atoms with E-state index in [4.69, 9.17) is 5.73 Å². The van der Waals surface area contributed by atoms with E-state index in [2.05, 4.69) is 10.5 Å². The first-order chi connectivity index (χ1) is 11.0. The lowest BCUT2D eigenvalue weighted by molar-refractivity contribution is -0.385. The van der Waals surface area contributed by atoms with Gasteiger partial charge in [-0.2, -0.15) is 5.10 Å². The van der Waals surface area contributed by atoms with E-state index in [1.807, 2.05) is 6.92 Å². The van der Waals surface area contributed by atoms with E-state index < -0.39 is 4.92 Å². The monoisotopic (exact) mass is 312 g/mol. The molecule has 1 amide bonds. The van der Waals surface area contributed by atoms with Gasteiger partial charge in [0.05, 0.1) is 11.1 Å². The molecule has 0 saturated carbocycles. The molecule has 2 rings (SSSR count). The Morgan fingerprint density at radius 2 is 2.00 bits per heavy atom. The summed E-state index contributed by atoms with van der Waals surface area (Å²) < 4.78 is 0. The number of nitrogens with zero attached hydrogens (tertiary/aromatic N) is 2. The topological polar surface area (TPSA) is 111 Å². The van der Waals surface area contributed by atoms with E-state index in [9.17, 15) is 14.9 Å². The van der Waals surface area contributed by atoms with Crippen molar-refractivity contribution < 1.29 is 9.72 Å². The smallest absolute Gasteiger partial charge is 0.273 e. The molecule has 0 saturated heterocycles. The summed E-state index contributed by atoms with van der Waals surface area (Å²) in [5.74, 6) is -0.388. The highest BCUT2D eigenvalue weighted by atomic mass is 16.6. The van der Waals surface area contributed by atoms with Crippen molar-refractivity contribution >= 4 is 23.5 Å². The van der Waals surface area contributed by atoms with Crippen LogP contribution in [0.3, 0.4) is 0 Å². The summed E-state index contributed by atoms with van der Waals surface area (Å²) in [6, 6.07) is 11.2. The van der Waals surface area contributed by atoms with Crippen LogP contribution >= 0.6 is 0 Å². The van der Waals surface area contributed by atoms with E-state index in [0.717, 1.165) is 0 Å². The molecule has 0 aliphatic rings. The summed E-state index contributed by atoms with van der Waals surface area (Å²) in [5, 5.41) is 14.8. The zero-order valence-electron chi connectivity index (χ0n) is 12.5. The number of nitrogens with one attached hydrogen (secondary N) is 1. The number of carbonyl (C=O) groups excluding carboxylic acids is 1. The van der Waals surface area contributed by atoms with E-state index >= 15 is 0 Å². The Morgan fingerprint density at radius 3 is 2.61 bits per heavy atom. The minimum atomic E-state index is -0.427. The second-order valence-corrected chi connectivity index (χ2v) is 4.82. The number of hydrazone groups is 1. The molecule has 23 heavy (non-hydrogen) atoms. The minimum Gasteiger partial charge on any atom is -0.399 e. The number of nitrogens with two attached hydrogens (primary N) is 1.